The second-order valence-electron chi connectivity index (χ2n) is 7.24. The van der Waals surface area contributed by atoms with Gasteiger partial charge >= 0.3 is 0 Å². The van der Waals surface area contributed by atoms with Gasteiger partial charge in [-0.15, -0.1) is 24.0 Å². The molecule has 0 radical (unpaired) electrons. The SMILES string of the molecule is CCNC(=NCc1ccc(CN2CCOCC2)cc1)NCc1ccc(C)cc1.I. The number of hydrogen-bond acceptors (Lipinski definition) is 3. The maximum atomic E-state index is 5.42. The molecule has 2 aromatic rings. The van der Waals surface area contributed by atoms with Crippen LogP contribution in [0.15, 0.2) is 53.5 Å². The van der Waals surface area contributed by atoms with Crippen molar-refractivity contribution in [1.82, 2.24) is 15.5 Å². The summed E-state index contributed by atoms with van der Waals surface area (Å²) < 4.78 is 5.42. The van der Waals surface area contributed by atoms with Gasteiger partial charge in [0, 0.05) is 32.7 Å². The third-order valence-corrected chi connectivity index (χ3v) is 4.88. The number of hydrogen-bond donors (Lipinski definition) is 2. The molecule has 1 heterocycles. The Morgan fingerprint density at radius 3 is 2.21 bits per heavy atom. The lowest BCUT2D eigenvalue weighted by Crippen LogP contribution is -2.36. The van der Waals surface area contributed by atoms with Crippen LogP contribution in [0.5, 0.6) is 0 Å². The molecule has 1 aliphatic rings. The van der Waals surface area contributed by atoms with Crippen molar-refractivity contribution in [3.05, 3.63) is 70.8 Å². The first-order valence-electron chi connectivity index (χ1n) is 10.2. The summed E-state index contributed by atoms with van der Waals surface area (Å²) in [5.41, 5.74) is 5.10. The molecule has 0 amide bonds. The van der Waals surface area contributed by atoms with Crippen LogP contribution in [0.4, 0.5) is 0 Å². The Morgan fingerprint density at radius 1 is 0.931 bits per heavy atom. The topological polar surface area (TPSA) is 48.9 Å². The van der Waals surface area contributed by atoms with Crippen molar-refractivity contribution >= 4 is 29.9 Å². The van der Waals surface area contributed by atoms with Gasteiger partial charge < -0.3 is 15.4 Å². The largest absolute Gasteiger partial charge is 0.379 e. The summed E-state index contributed by atoms with van der Waals surface area (Å²) in [6, 6.07) is 17.4. The average Bonchev–Trinajstić information content (AvgIpc) is 2.73. The molecule has 0 aromatic heterocycles. The first-order valence-corrected chi connectivity index (χ1v) is 10.2. The molecular weight excluding hydrogens is 475 g/mol. The standard InChI is InChI=1S/C23H32N4O.HI/c1-3-24-23(25-16-20-6-4-19(2)5-7-20)26-17-21-8-10-22(11-9-21)18-27-12-14-28-15-13-27;/h4-11H,3,12-18H2,1-2H3,(H2,24,25,26);1H. The summed E-state index contributed by atoms with van der Waals surface area (Å²) in [7, 11) is 0. The van der Waals surface area contributed by atoms with Crippen LogP contribution in [0.3, 0.4) is 0 Å². The van der Waals surface area contributed by atoms with E-state index in [0.29, 0.717) is 6.54 Å². The summed E-state index contributed by atoms with van der Waals surface area (Å²) in [5, 5.41) is 6.73. The van der Waals surface area contributed by atoms with Gasteiger partial charge in [0.15, 0.2) is 5.96 Å². The smallest absolute Gasteiger partial charge is 0.191 e. The Balaban J connectivity index is 0.00000300. The van der Waals surface area contributed by atoms with E-state index in [2.05, 4.69) is 77.9 Å². The summed E-state index contributed by atoms with van der Waals surface area (Å²) in [5.74, 6) is 0.848. The van der Waals surface area contributed by atoms with Crippen LogP contribution < -0.4 is 10.6 Å². The second-order valence-corrected chi connectivity index (χ2v) is 7.24. The number of nitrogens with one attached hydrogen (secondary N) is 2. The van der Waals surface area contributed by atoms with E-state index < -0.39 is 0 Å². The maximum absolute atomic E-state index is 5.42. The first kappa shape index (κ1) is 23.6. The fraction of sp³-hybridized carbons (Fsp3) is 0.435. The van der Waals surface area contributed by atoms with Crippen molar-refractivity contribution in [2.24, 2.45) is 4.99 Å². The Morgan fingerprint density at radius 2 is 1.55 bits per heavy atom. The van der Waals surface area contributed by atoms with Gasteiger partial charge in [-0.3, -0.25) is 4.90 Å². The minimum atomic E-state index is 0. The molecule has 6 heteroatoms. The summed E-state index contributed by atoms with van der Waals surface area (Å²) >= 11 is 0. The lowest BCUT2D eigenvalue weighted by Gasteiger charge is -2.26. The van der Waals surface area contributed by atoms with Crippen molar-refractivity contribution in [2.75, 3.05) is 32.8 Å². The van der Waals surface area contributed by atoms with Crippen LogP contribution >= 0.6 is 24.0 Å². The van der Waals surface area contributed by atoms with E-state index >= 15 is 0 Å². The molecule has 3 rings (SSSR count). The minimum absolute atomic E-state index is 0. The van der Waals surface area contributed by atoms with E-state index in [-0.39, 0.29) is 24.0 Å². The van der Waals surface area contributed by atoms with Gasteiger partial charge in [-0.2, -0.15) is 0 Å². The Kier molecular flexibility index (Phi) is 10.5. The van der Waals surface area contributed by atoms with Crippen LogP contribution in [-0.4, -0.2) is 43.7 Å². The molecule has 1 aliphatic heterocycles. The summed E-state index contributed by atoms with van der Waals surface area (Å²) in [4.78, 5) is 7.17. The van der Waals surface area contributed by atoms with Crippen LogP contribution in [0.1, 0.15) is 29.2 Å². The van der Waals surface area contributed by atoms with Crippen LogP contribution in [0, 0.1) is 6.92 Å². The first-order chi connectivity index (χ1) is 13.7. The summed E-state index contributed by atoms with van der Waals surface area (Å²) in [6.45, 7) is 11.2. The molecule has 1 saturated heterocycles. The van der Waals surface area contributed by atoms with Gasteiger partial charge in [-0.25, -0.2) is 4.99 Å². The molecule has 2 N–H and O–H groups in total. The highest BCUT2D eigenvalue weighted by Crippen LogP contribution is 2.10. The number of halogens is 1. The van der Waals surface area contributed by atoms with Crippen molar-refractivity contribution in [3.63, 3.8) is 0 Å². The van der Waals surface area contributed by atoms with Crippen molar-refractivity contribution < 1.29 is 4.74 Å². The van der Waals surface area contributed by atoms with E-state index in [4.69, 9.17) is 9.73 Å². The maximum Gasteiger partial charge on any atom is 0.191 e. The molecule has 29 heavy (non-hydrogen) atoms. The number of aliphatic imine (C=N–C) groups is 1. The molecular formula is C23H33IN4O. The molecule has 0 atom stereocenters. The molecule has 0 unspecified atom stereocenters. The van der Waals surface area contributed by atoms with E-state index in [9.17, 15) is 0 Å². The molecule has 5 nitrogen and oxygen atoms in total. The zero-order valence-corrected chi connectivity index (χ0v) is 19.8. The van der Waals surface area contributed by atoms with Gasteiger partial charge in [0.1, 0.15) is 0 Å². The number of ether oxygens (including phenoxy) is 1. The predicted octanol–water partition coefficient (Wildman–Crippen LogP) is 3.70. The lowest BCUT2D eigenvalue weighted by atomic mass is 10.1. The molecule has 0 bridgehead atoms. The number of aryl methyl sites for hydroxylation is 1. The van der Waals surface area contributed by atoms with E-state index in [0.717, 1.165) is 51.9 Å². The fourth-order valence-electron chi connectivity index (χ4n) is 3.17. The number of benzene rings is 2. The normalized spacial score (nSPS) is 14.9. The third-order valence-electron chi connectivity index (χ3n) is 4.88. The van der Waals surface area contributed by atoms with E-state index in [1.54, 1.807) is 0 Å². The predicted molar refractivity (Wildman–Crippen MR) is 131 cm³/mol. The molecule has 1 fully saturated rings. The fourth-order valence-corrected chi connectivity index (χ4v) is 3.17. The highest BCUT2D eigenvalue weighted by Gasteiger charge is 2.10. The number of rotatable bonds is 7. The Labute approximate surface area is 192 Å². The van der Waals surface area contributed by atoms with Crippen LogP contribution in [-0.2, 0) is 24.4 Å². The number of nitrogens with zero attached hydrogens (tertiary/aromatic N) is 2. The monoisotopic (exact) mass is 508 g/mol. The van der Waals surface area contributed by atoms with Gasteiger partial charge in [0.05, 0.1) is 19.8 Å². The third kappa shape index (κ3) is 8.32. The minimum Gasteiger partial charge on any atom is -0.379 e. The van der Waals surface area contributed by atoms with Gasteiger partial charge in [0.25, 0.3) is 0 Å². The molecule has 0 saturated carbocycles. The zero-order valence-electron chi connectivity index (χ0n) is 17.5. The Bertz CT molecular complexity index is 740. The quantitative estimate of drug-likeness (QED) is 0.340. The zero-order chi connectivity index (χ0) is 19.6. The molecule has 0 aliphatic carbocycles. The molecule has 0 spiro atoms. The van der Waals surface area contributed by atoms with Crippen molar-refractivity contribution in [1.29, 1.82) is 0 Å². The Hall–Kier alpha value is -1.64. The van der Waals surface area contributed by atoms with Gasteiger partial charge in [0.2, 0.25) is 0 Å². The lowest BCUT2D eigenvalue weighted by molar-refractivity contribution is 0.0342. The second kappa shape index (κ2) is 12.8. The highest BCUT2D eigenvalue weighted by atomic mass is 127. The van der Waals surface area contributed by atoms with Gasteiger partial charge in [-0.05, 0) is 30.5 Å². The van der Waals surface area contributed by atoms with Crippen molar-refractivity contribution in [3.8, 4) is 0 Å². The molecule has 2 aromatic carbocycles. The van der Waals surface area contributed by atoms with Crippen LogP contribution in [0.25, 0.3) is 0 Å². The van der Waals surface area contributed by atoms with Gasteiger partial charge in [-0.1, -0.05) is 54.1 Å². The van der Waals surface area contributed by atoms with Crippen LogP contribution in [0.2, 0.25) is 0 Å². The van der Waals surface area contributed by atoms with Crippen molar-refractivity contribution in [2.45, 2.75) is 33.5 Å². The molecule has 158 valence electrons. The number of guanidine groups is 1. The number of morpholine rings is 1. The van der Waals surface area contributed by atoms with E-state index in [1.807, 2.05) is 0 Å². The average molecular weight is 508 g/mol. The summed E-state index contributed by atoms with van der Waals surface area (Å²) in [6.07, 6.45) is 0. The van der Waals surface area contributed by atoms with E-state index in [1.165, 1.54) is 22.3 Å². The highest BCUT2D eigenvalue weighted by molar-refractivity contribution is 14.0.